The number of aliphatic hydroxyl groups is 1. The second-order valence-electron chi connectivity index (χ2n) is 4.53. The summed E-state index contributed by atoms with van der Waals surface area (Å²) in [6, 6.07) is 0. The van der Waals surface area contributed by atoms with E-state index in [1.165, 1.54) is 6.08 Å². The maximum Gasteiger partial charge on any atom is 0.184 e. The molecule has 0 saturated heterocycles. The molecule has 108 valence electrons. The molecule has 8 heteroatoms. The Labute approximate surface area is 122 Å². The molecule has 0 saturated carbocycles. The third kappa shape index (κ3) is 9.64. The second kappa shape index (κ2) is 8.27. The zero-order valence-electron chi connectivity index (χ0n) is 10.8. The van der Waals surface area contributed by atoms with Crippen molar-refractivity contribution in [3.8, 4) is 0 Å². The Hall–Kier alpha value is 1.77. The fraction of sp³-hybridized carbons (Fsp3) is 0.800. The lowest BCUT2D eigenvalue weighted by Crippen LogP contribution is -2.36. The molecule has 0 rings (SSSR count). The topological polar surface area (TPSA) is 38.7 Å². The Morgan fingerprint density at radius 2 is 1.67 bits per heavy atom. The maximum atomic E-state index is 9.94. The highest BCUT2D eigenvalue weighted by Crippen LogP contribution is 2.36. The summed E-state index contributed by atoms with van der Waals surface area (Å²) < 4.78 is 11.0. The van der Waals surface area contributed by atoms with Crippen LogP contribution >= 0.6 is 46.2 Å². The molecule has 0 heterocycles. The molecule has 0 aromatic carbocycles. The van der Waals surface area contributed by atoms with Gasteiger partial charge in [0.1, 0.15) is 0 Å². The van der Waals surface area contributed by atoms with E-state index in [-0.39, 0.29) is 9.54 Å². The van der Waals surface area contributed by atoms with Gasteiger partial charge in [-0.2, -0.15) is 0 Å². The minimum Gasteiger partial charge on any atom is -0.378 e. The number of hydrogen-bond acceptors (Lipinski definition) is 3. The smallest absolute Gasteiger partial charge is 0.184 e. The average molecular weight is 348 g/mol. The Kier molecular flexibility index (Phi) is 9.08. The largest absolute Gasteiger partial charge is 0.378 e. The molecule has 0 bridgehead atoms. The molecule has 1 N–H and O–H groups in total. The van der Waals surface area contributed by atoms with E-state index in [2.05, 4.69) is 52.8 Å². The summed E-state index contributed by atoms with van der Waals surface area (Å²) >= 11 is 0. The molecule has 3 nitrogen and oxygen atoms in total. The van der Waals surface area contributed by atoms with Crippen LogP contribution in [0.3, 0.4) is 0 Å². The van der Waals surface area contributed by atoms with Gasteiger partial charge in [-0.05, 0) is 6.08 Å². The molecule has 0 aliphatic rings. The van der Waals surface area contributed by atoms with Crippen LogP contribution in [0.15, 0.2) is 12.7 Å². The average Bonchev–Trinajstić information content (AvgIpc) is 2.24. The van der Waals surface area contributed by atoms with Gasteiger partial charge in [-0.3, -0.25) is 0 Å². The third-order valence-electron chi connectivity index (χ3n) is 2.14. The van der Waals surface area contributed by atoms with Crippen molar-refractivity contribution in [3.63, 3.8) is 0 Å². The lowest BCUT2D eigenvalue weighted by atomic mass is 10.2. The molecule has 0 spiro atoms. The van der Waals surface area contributed by atoms with E-state index < -0.39 is 5.79 Å². The van der Waals surface area contributed by atoms with Gasteiger partial charge >= 0.3 is 0 Å². The van der Waals surface area contributed by atoms with Crippen molar-refractivity contribution in [2.45, 2.75) is 28.7 Å². The summed E-state index contributed by atoms with van der Waals surface area (Å²) in [5.74, 6) is -1.26. The summed E-state index contributed by atoms with van der Waals surface area (Å²) in [5.41, 5.74) is 0. The van der Waals surface area contributed by atoms with Gasteiger partial charge in [0.25, 0.3) is 0 Å². The third-order valence-corrected chi connectivity index (χ3v) is 3.31. The SMILES string of the molecule is C=CC(O)(CC)OCC(P)(P)COCC(P)(P)P. The predicted octanol–water partition coefficient (Wildman–Crippen LogP) is 2.03. The first kappa shape index (κ1) is 19.8. The van der Waals surface area contributed by atoms with Crippen molar-refractivity contribution in [3.05, 3.63) is 12.7 Å². The van der Waals surface area contributed by atoms with E-state index in [1.807, 2.05) is 6.92 Å². The zero-order valence-corrected chi connectivity index (χ0v) is 16.5. The molecule has 0 amide bonds. The Morgan fingerprint density at radius 1 is 1.11 bits per heavy atom. The Bertz CT molecular complexity index is 267. The van der Waals surface area contributed by atoms with E-state index in [0.29, 0.717) is 26.2 Å². The number of rotatable bonds is 9. The first-order chi connectivity index (χ1) is 8.04. The van der Waals surface area contributed by atoms with Crippen LogP contribution in [-0.4, -0.2) is 40.2 Å². The lowest BCUT2D eigenvalue weighted by molar-refractivity contribution is -0.170. The van der Waals surface area contributed by atoms with Gasteiger partial charge < -0.3 is 14.6 Å². The van der Waals surface area contributed by atoms with Crippen molar-refractivity contribution in [1.29, 1.82) is 0 Å². The molecular weight excluding hydrogens is 323 g/mol. The highest BCUT2D eigenvalue weighted by molar-refractivity contribution is 7.57. The highest BCUT2D eigenvalue weighted by atomic mass is 31.1. The molecule has 0 radical (unpaired) electrons. The van der Waals surface area contributed by atoms with E-state index in [1.54, 1.807) is 0 Å². The Morgan fingerprint density at radius 3 is 2.06 bits per heavy atom. The zero-order chi connectivity index (χ0) is 14.4. The maximum absolute atomic E-state index is 9.94. The van der Waals surface area contributed by atoms with Crippen LogP contribution in [0, 0.1) is 0 Å². The van der Waals surface area contributed by atoms with Crippen LogP contribution in [0.25, 0.3) is 0 Å². The quantitative estimate of drug-likeness (QED) is 0.394. The summed E-state index contributed by atoms with van der Waals surface area (Å²) in [5, 5.41) is 9.94. The van der Waals surface area contributed by atoms with Gasteiger partial charge in [-0.25, -0.2) is 0 Å². The molecule has 0 aliphatic heterocycles. The molecule has 0 aromatic heterocycles. The van der Waals surface area contributed by atoms with Gasteiger partial charge in [-0.1, -0.05) is 13.5 Å². The molecule has 6 atom stereocenters. The summed E-state index contributed by atoms with van der Waals surface area (Å²) in [7, 11) is 13.4. The van der Waals surface area contributed by atoms with Crippen molar-refractivity contribution < 1.29 is 14.6 Å². The second-order valence-corrected chi connectivity index (χ2v) is 12.7. The van der Waals surface area contributed by atoms with Crippen molar-refractivity contribution in [2.24, 2.45) is 0 Å². The van der Waals surface area contributed by atoms with Crippen LogP contribution in [0.2, 0.25) is 0 Å². The van der Waals surface area contributed by atoms with Gasteiger partial charge in [0.05, 0.1) is 19.8 Å². The van der Waals surface area contributed by atoms with Gasteiger partial charge in [-0.15, -0.1) is 46.2 Å². The fourth-order valence-corrected chi connectivity index (χ4v) is 1.78. The summed E-state index contributed by atoms with van der Waals surface area (Å²) in [6.45, 7) is 6.84. The Balaban J connectivity index is 4.11. The number of ether oxygens (including phenoxy) is 2. The van der Waals surface area contributed by atoms with E-state index in [9.17, 15) is 5.11 Å². The number of hydrogen-bond donors (Lipinski definition) is 1. The molecular formula is C10H25O3P5. The van der Waals surface area contributed by atoms with Crippen molar-refractivity contribution in [2.75, 3.05) is 19.8 Å². The molecule has 0 aromatic rings. The fourth-order valence-electron chi connectivity index (χ4n) is 1.02. The molecule has 18 heavy (non-hydrogen) atoms. The monoisotopic (exact) mass is 348 g/mol. The minimum absolute atomic E-state index is 0.0997. The van der Waals surface area contributed by atoms with Crippen LogP contribution < -0.4 is 0 Å². The van der Waals surface area contributed by atoms with Crippen molar-refractivity contribution >= 4 is 46.2 Å². The van der Waals surface area contributed by atoms with Crippen LogP contribution in [0.1, 0.15) is 13.3 Å². The normalized spacial score (nSPS) is 16.4. The van der Waals surface area contributed by atoms with Gasteiger partial charge in [0.15, 0.2) is 5.79 Å². The molecule has 0 aliphatic carbocycles. The molecule has 6 unspecified atom stereocenters. The standard InChI is InChI=1S/C10H25O3P5/c1-3-8(11,4-2)13-6-9(14,15)5-12-7-10(16,17)18/h3,11H,1,4-7,14-18H2,2H3. The van der Waals surface area contributed by atoms with E-state index in [4.69, 9.17) is 9.47 Å². The highest BCUT2D eigenvalue weighted by Gasteiger charge is 2.27. The van der Waals surface area contributed by atoms with Crippen molar-refractivity contribution in [1.82, 2.24) is 0 Å². The van der Waals surface area contributed by atoms with E-state index >= 15 is 0 Å². The van der Waals surface area contributed by atoms with E-state index in [0.717, 1.165) is 0 Å². The van der Waals surface area contributed by atoms with Crippen LogP contribution in [0.5, 0.6) is 0 Å². The van der Waals surface area contributed by atoms with Crippen LogP contribution in [0.4, 0.5) is 0 Å². The summed E-state index contributed by atoms with van der Waals surface area (Å²) in [6.07, 6.45) is 1.88. The first-order valence-electron chi connectivity index (χ1n) is 5.56. The van der Waals surface area contributed by atoms with Gasteiger partial charge in [0, 0.05) is 16.0 Å². The lowest BCUT2D eigenvalue weighted by Gasteiger charge is -2.31. The predicted molar refractivity (Wildman–Crippen MR) is 96.2 cm³/mol. The van der Waals surface area contributed by atoms with Crippen LogP contribution in [-0.2, 0) is 9.47 Å². The first-order valence-corrected chi connectivity index (χ1v) is 8.44. The van der Waals surface area contributed by atoms with Gasteiger partial charge in [0.2, 0.25) is 0 Å². The molecule has 0 fully saturated rings. The minimum atomic E-state index is -1.26. The summed E-state index contributed by atoms with van der Waals surface area (Å²) in [4.78, 5) is -0.322.